The highest BCUT2D eigenvalue weighted by Crippen LogP contribution is 2.59. The van der Waals surface area contributed by atoms with Gasteiger partial charge in [-0.15, -0.1) is 0 Å². The summed E-state index contributed by atoms with van der Waals surface area (Å²) in [5.41, 5.74) is -0.145. The first-order chi connectivity index (χ1) is 15.3. The van der Waals surface area contributed by atoms with Gasteiger partial charge in [-0.05, 0) is 68.9 Å². The molecule has 3 rings (SSSR count). The maximum absolute atomic E-state index is 12.8. The van der Waals surface area contributed by atoms with Gasteiger partial charge in [0, 0.05) is 23.2 Å². The highest BCUT2D eigenvalue weighted by atomic mass is 28.4. The molecule has 2 saturated carbocycles. The van der Waals surface area contributed by atoms with Crippen LogP contribution in [0.15, 0.2) is 15.8 Å². The highest BCUT2D eigenvalue weighted by Gasteiger charge is 2.59. The van der Waals surface area contributed by atoms with E-state index < -0.39 is 16.6 Å². The summed E-state index contributed by atoms with van der Waals surface area (Å²) < 4.78 is 16.0. The van der Waals surface area contributed by atoms with Gasteiger partial charge in [-0.2, -0.15) is 0 Å². The van der Waals surface area contributed by atoms with Crippen molar-refractivity contribution in [1.82, 2.24) is 9.55 Å². The molecule has 1 heterocycles. The van der Waals surface area contributed by atoms with Crippen LogP contribution in [-0.4, -0.2) is 38.4 Å². The standard InChI is InChI=1S/C26H48N2O4Si2/c1-18-17-28(23(30)27-22(18)29)19-15-21(32-34(10,11)25(5,6)7)26(16-19)14-12-13-20(26)31-33(8,9)24(2,3)4/h17,19-21H,12-16H2,1-11H3,(H,27,29,30)/t19-,20-,21-,26-/m0/s1. The number of hydrogen-bond donors (Lipinski definition) is 1. The zero-order valence-electron chi connectivity index (χ0n) is 23.4. The van der Waals surface area contributed by atoms with Crippen LogP contribution in [0.2, 0.25) is 36.3 Å². The minimum Gasteiger partial charge on any atom is -0.413 e. The molecule has 6 nitrogen and oxygen atoms in total. The van der Waals surface area contributed by atoms with E-state index >= 15 is 0 Å². The largest absolute Gasteiger partial charge is 0.413 e. The molecule has 0 bridgehead atoms. The van der Waals surface area contributed by atoms with E-state index in [-0.39, 0.29) is 45.0 Å². The minimum atomic E-state index is -2.04. The zero-order valence-corrected chi connectivity index (χ0v) is 25.4. The zero-order chi connectivity index (χ0) is 25.9. The van der Waals surface area contributed by atoms with Gasteiger partial charge in [0.25, 0.3) is 5.56 Å². The summed E-state index contributed by atoms with van der Waals surface area (Å²) in [6.07, 6.45) is 6.83. The molecule has 1 N–H and O–H groups in total. The molecule has 0 saturated heterocycles. The van der Waals surface area contributed by atoms with Crippen LogP contribution in [0.25, 0.3) is 0 Å². The van der Waals surface area contributed by atoms with Crippen molar-refractivity contribution in [3.8, 4) is 0 Å². The number of nitrogens with one attached hydrogen (secondary N) is 1. The molecule has 1 spiro atoms. The Morgan fingerprint density at radius 2 is 1.50 bits per heavy atom. The average molecular weight is 509 g/mol. The van der Waals surface area contributed by atoms with Gasteiger partial charge in [0.1, 0.15) is 0 Å². The van der Waals surface area contributed by atoms with Crippen molar-refractivity contribution < 1.29 is 8.85 Å². The molecule has 4 atom stereocenters. The molecule has 0 amide bonds. The molecule has 8 heteroatoms. The van der Waals surface area contributed by atoms with Crippen molar-refractivity contribution >= 4 is 16.6 Å². The summed E-state index contributed by atoms with van der Waals surface area (Å²) in [6, 6.07) is 0.00133. The first-order valence-corrected chi connectivity index (χ1v) is 18.8. The second-order valence-electron chi connectivity index (χ2n) is 13.9. The third-order valence-electron chi connectivity index (χ3n) is 9.52. The fourth-order valence-corrected chi connectivity index (χ4v) is 8.09. The predicted octanol–water partition coefficient (Wildman–Crippen LogP) is 6.13. The maximum Gasteiger partial charge on any atom is 0.328 e. The Hall–Kier alpha value is -0.966. The Balaban J connectivity index is 2.05. The molecule has 2 aliphatic rings. The maximum atomic E-state index is 12.8. The lowest BCUT2D eigenvalue weighted by molar-refractivity contribution is -0.0175. The third-order valence-corrected chi connectivity index (χ3v) is 18.5. The van der Waals surface area contributed by atoms with Crippen molar-refractivity contribution in [2.45, 2.75) is 135 Å². The van der Waals surface area contributed by atoms with Crippen molar-refractivity contribution in [2.24, 2.45) is 5.41 Å². The molecule has 0 radical (unpaired) electrons. The van der Waals surface area contributed by atoms with E-state index in [0.717, 1.165) is 32.1 Å². The lowest BCUT2D eigenvalue weighted by Crippen LogP contribution is -2.53. The summed E-state index contributed by atoms with van der Waals surface area (Å²) in [5, 5.41) is 0.240. The Morgan fingerprint density at radius 1 is 0.971 bits per heavy atom. The Labute approximate surface area is 208 Å². The summed E-state index contributed by atoms with van der Waals surface area (Å²) in [5.74, 6) is 0. The van der Waals surface area contributed by atoms with Crippen LogP contribution < -0.4 is 11.2 Å². The van der Waals surface area contributed by atoms with Crippen LogP contribution >= 0.6 is 0 Å². The molecule has 2 aliphatic carbocycles. The Kier molecular flexibility index (Phi) is 7.19. The van der Waals surface area contributed by atoms with Crippen molar-refractivity contribution in [2.75, 3.05) is 0 Å². The van der Waals surface area contributed by atoms with E-state index in [4.69, 9.17) is 8.85 Å². The first kappa shape index (κ1) is 27.6. The summed E-state index contributed by atoms with van der Waals surface area (Å²) in [7, 11) is -4.02. The summed E-state index contributed by atoms with van der Waals surface area (Å²) in [4.78, 5) is 27.4. The van der Waals surface area contributed by atoms with E-state index in [9.17, 15) is 9.59 Å². The fraction of sp³-hybridized carbons (Fsp3) is 0.846. The highest BCUT2D eigenvalue weighted by molar-refractivity contribution is 6.74. The molecule has 194 valence electrons. The Morgan fingerprint density at radius 3 is 2.03 bits per heavy atom. The SMILES string of the molecule is Cc1cn([C@H]2C[C@H](O[Si](C)(C)C(C)(C)C)[C@@]3(CCC[C@@H]3O[Si](C)(C)C(C)(C)C)C2)c(=O)[nH]c1=O. The van der Waals surface area contributed by atoms with Gasteiger partial charge in [-0.1, -0.05) is 48.0 Å². The Bertz CT molecular complexity index is 1020. The number of hydrogen-bond acceptors (Lipinski definition) is 4. The predicted molar refractivity (Wildman–Crippen MR) is 145 cm³/mol. The van der Waals surface area contributed by atoms with E-state index in [0.29, 0.717) is 5.56 Å². The molecule has 2 fully saturated rings. The molecular weight excluding hydrogens is 460 g/mol. The van der Waals surface area contributed by atoms with Gasteiger partial charge in [0.2, 0.25) is 0 Å². The van der Waals surface area contributed by atoms with Gasteiger partial charge in [-0.3, -0.25) is 14.3 Å². The summed E-state index contributed by atoms with van der Waals surface area (Å²) in [6.45, 7) is 24.8. The molecular formula is C26H48N2O4Si2. The third kappa shape index (κ3) is 4.97. The van der Waals surface area contributed by atoms with Gasteiger partial charge >= 0.3 is 5.69 Å². The lowest BCUT2D eigenvalue weighted by atomic mass is 9.80. The van der Waals surface area contributed by atoms with E-state index in [2.05, 4.69) is 72.7 Å². The van der Waals surface area contributed by atoms with Gasteiger partial charge in [0.15, 0.2) is 16.6 Å². The molecule has 34 heavy (non-hydrogen) atoms. The first-order valence-electron chi connectivity index (χ1n) is 13.0. The molecule has 1 aromatic rings. The number of aromatic nitrogens is 2. The van der Waals surface area contributed by atoms with Crippen molar-refractivity contribution in [1.29, 1.82) is 0 Å². The van der Waals surface area contributed by atoms with Gasteiger partial charge in [-0.25, -0.2) is 4.79 Å². The summed E-state index contributed by atoms with van der Waals surface area (Å²) >= 11 is 0. The fourth-order valence-electron chi connectivity index (χ4n) is 5.28. The van der Waals surface area contributed by atoms with Gasteiger partial charge < -0.3 is 8.85 Å². The molecule has 1 aromatic heterocycles. The molecule has 0 aliphatic heterocycles. The monoisotopic (exact) mass is 508 g/mol. The minimum absolute atomic E-state index is 0.00133. The lowest BCUT2D eigenvalue weighted by Gasteiger charge is -2.47. The van der Waals surface area contributed by atoms with Crippen LogP contribution in [0, 0.1) is 12.3 Å². The van der Waals surface area contributed by atoms with Crippen LogP contribution in [-0.2, 0) is 8.85 Å². The number of rotatable bonds is 5. The van der Waals surface area contributed by atoms with Crippen molar-refractivity contribution in [3.05, 3.63) is 32.6 Å². The van der Waals surface area contributed by atoms with Crippen LogP contribution in [0.5, 0.6) is 0 Å². The quantitative estimate of drug-likeness (QED) is 0.486. The smallest absolute Gasteiger partial charge is 0.328 e. The topological polar surface area (TPSA) is 73.3 Å². The number of nitrogens with zero attached hydrogens (tertiary/aromatic N) is 1. The van der Waals surface area contributed by atoms with Crippen LogP contribution in [0.4, 0.5) is 0 Å². The average Bonchev–Trinajstić information content (AvgIpc) is 3.20. The number of H-pyrrole nitrogens is 1. The van der Waals surface area contributed by atoms with E-state index in [1.54, 1.807) is 17.7 Å². The second-order valence-corrected chi connectivity index (χ2v) is 23.4. The van der Waals surface area contributed by atoms with Crippen LogP contribution in [0.1, 0.15) is 85.3 Å². The van der Waals surface area contributed by atoms with Crippen molar-refractivity contribution in [3.63, 3.8) is 0 Å². The van der Waals surface area contributed by atoms with E-state index in [1.165, 1.54) is 0 Å². The normalized spacial score (nSPS) is 28.7. The van der Waals surface area contributed by atoms with Gasteiger partial charge in [0.05, 0.1) is 12.2 Å². The molecule has 0 unspecified atom stereocenters. The van der Waals surface area contributed by atoms with Crippen LogP contribution in [0.3, 0.4) is 0 Å². The molecule has 0 aromatic carbocycles. The second kappa shape index (κ2) is 8.85. The van der Waals surface area contributed by atoms with E-state index in [1.807, 2.05) is 0 Å². The number of aromatic amines is 1. The number of aryl methyl sites for hydroxylation is 1.